The zero-order valence-electron chi connectivity index (χ0n) is 15.7. The van der Waals surface area contributed by atoms with E-state index in [1.807, 2.05) is 19.9 Å². The number of rotatable bonds is 6. The minimum atomic E-state index is -0.358. The van der Waals surface area contributed by atoms with Crippen LogP contribution in [0.1, 0.15) is 27.3 Å². The van der Waals surface area contributed by atoms with E-state index in [1.54, 1.807) is 35.0 Å². The molecule has 0 N–H and O–H groups in total. The Morgan fingerprint density at radius 3 is 2.68 bits per heavy atom. The predicted molar refractivity (Wildman–Crippen MR) is 110 cm³/mol. The average Bonchev–Trinajstić information content (AvgIpc) is 3.02. The van der Waals surface area contributed by atoms with E-state index in [4.69, 9.17) is 0 Å². The lowest BCUT2D eigenvalue weighted by Gasteiger charge is -2.22. The fourth-order valence-corrected chi connectivity index (χ4v) is 3.33. The number of halogens is 2. The van der Waals surface area contributed by atoms with Crippen molar-refractivity contribution in [1.29, 1.82) is 0 Å². The molecule has 0 spiro atoms. The third-order valence-corrected chi connectivity index (χ3v) is 4.72. The van der Waals surface area contributed by atoms with Gasteiger partial charge in [0.05, 0.1) is 11.3 Å². The van der Waals surface area contributed by atoms with Crippen molar-refractivity contribution in [2.24, 2.45) is 0 Å². The summed E-state index contributed by atoms with van der Waals surface area (Å²) in [6.45, 7) is 7.99. The summed E-state index contributed by atoms with van der Waals surface area (Å²) >= 11 is 3.34. The number of nitrogens with zero attached hydrogens (tertiary/aromatic N) is 4. The molecule has 7 heteroatoms. The molecule has 3 rings (SSSR count). The van der Waals surface area contributed by atoms with Crippen molar-refractivity contribution >= 4 is 21.8 Å². The molecule has 0 aliphatic rings. The van der Waals surface area contributed by atoms with Gasteiger partial charge in [-0.15, -0.1) is 6.58 Å². The molecular formula is C21H20BrFN4O. The van der Waals surface area contributed by atoms with Gasteiger partial charge in [0.1, 0.15) is 5.82 Å². The molecule has 1 amide bonds. The summed E-state index contributed by atoms with van der Waals surface area (Å²) in [5.41, 5.74) is 2.70. The number of pyridine rings is 1. The number of benzene rings is 1. The quantitative estimate of drug-likeness (QED) is 0.523. The molecule has 0 saturated carbocycles. The molecule has 0 radical (unpaired) electrons. The highest BCUT2D eigenvalue weighted by molar-refractivity contribution is 9.10. The van der Waals surface area contributed by atoms with Gasteiger partial charge in [-0.05, 0) is 50.2 Å². The van der Waals surface area contributed by atoms with Gasteiger partial charge in [0.2, 0.25) is 0 Å². The van der Waals surface area contributed by atoms with E-state index in [1.165, 1.54) is 17.2 Å². The maximum Gasteiger partial charge on any atom is 0.256 e. The standard InChI is InChI=1S/C21H20BrFN4O/c1-4-9-26(13-17-11-18(22)6-7-19(17)23)21(28)16-5-8-20(24-12-16)27-15(3)10-14(2)25-27/h4-8,10-12H,1,9,13H2,2-3H3. The lowest BCUT2D eigenvalue weighted by molar-refractivity contribution is 0.0761. The highest BCUT2D eigenvalue weighted by atomic mass is 79.9. The number of amides is 1. The summed E-state index contributed by atoms with van der Waals surface area (Å²) in [5.74, 6) is 0.0326. The van der Waals surface area contributed by atoms with E-state index in [0.717, 1.165) is 15.9 Å². The molecule has 1 aromatic carbocycles. The van der Waals surface area contributed by atoms with Gasteiger partial charge in [-0.1, -0.05) is 22.0 Å². The smallest absolute Gasteiger partial charge is 0.256 e. The molecule has 0 atom stereocenters. The maximum absolute atomic E-state index is 14.1. The summed E-state index contributed by atoms with van der Waals surface area (Å²) < 4.78 is 16.6. The first-order valence-electron chi connectivity index (χ1n) is 8.73. The van der Waals surface area contributed by atoms with Gasteiger partial charge in [0, 0.05) is 35.0 Å². The van der Waals surface area contributed by atoms with Crippen molar-refractivity contribution in [2.75, 3.05) is 6.54 Å². The number of carbonyl (C=O) groups excluding carboxylic acids is 1. The Kier molecular flexibility index (Phi) is 6.04. The van der Waals surface area contributed by atoms with Crippen LogP contribution < -0.4 is 0 Å². The summed E-state index contributed by atoms with van der Waals surface area (Å²) in [6.07, 6.45) is 3.13. The van der Waals surface area contributed by atoms with Crippen LogP contribution in [0.25, 0.3) is 5.82 Å². The van der Waals surface area contributed by atoms with Crippen molar-refractivity contribution in [2.45, 2.75) is 20.4 Å². The van der Waals surface area contributed by atoms with Crippen LogP contribution in [0.2, 0.25) is 0 Å². The van der Waals surface area contributed by atoms with Gasteiger partial charge in [0.25, 0.3) is 5.91 Å². The minimum Gasteiger partial charge on any atom is -0.330 e. The van der Waals surface area contributed by atoms with Crippen molar-refractivity contribution in [3.05, 3.63) is 88.1 Å². The molecule has 0 bridgehead atoms. The number of hydrogen-bond donors (Lipinski definition) is 0. The second-order valence-corrected chi connectivity index (χ2v) is 7.37. The monoisotopic (exact) mass is 442 g/mol. The highest BCUT2D eigenvalue weighted by Crippen LogP contribution is 2.19. The van der Waals surface area contributed by atoms with Gasteiger partial charge in [-0.3, -0.25) is 4.79 Å². The minimum absolute atomic E-state index is 0.134. The number of aryl methyl sites for hydroxylation is 2. The molecule has 0 fully saturated rings. The van der Waals surface area contributed by atoms with Crippen molar-refractivity contribution in [3.63, 3.8) is 0 Å². The molecule has 28 heavy (non-hydrogen) atoms. The van der Waals surface area contributed by atoms with E-state index < -0.39 is 0 Å². The van der Waals surface area contributed by atoms with Gasteiger partial charge >= 0.3 is 0 Å². The second-order valence-electron chi connectivity index (χ2n) is 6.45. The van der Waals surface area contributed by atoms with Gasteiger partial charge in [-0.2, -0.15) is 5.10 Å². The molecule has 0 aliphatic heterocycles. The number of hydrogen-bond acceptors (Lipinski definition) is 3. The Morgan fingerprint density at radius 1 is 1.29 bits per heavy atom. The third kappa shape index (κ3) is 4.36. The topological polar surface area (TPSA) is 51.0 Å². The van der Waals surface area contributed by atoms with Crippen LogP contribution in [-0.4, -0.2) is 32.1 Å². The Balaban J connectivity index is 1.84. The predicted octanol–water partition coefficient (Wildman–Crippen LogP) is 4.61. The van der Waals surface area contributed by atoms with Gasteiger partial charge in [0.15, 0.2) is 5.82 Å². The summed E-state index contributed by atoms with van der Waals surface area (Å²) in [7, 11) is 0. The fourth-order valence-electron chi connectivity index (χ4n) is 2.93. The number of aromatic nitrogens is 3. The summed E-state index contributed by atoms with van der Waals surface area (Å²) in [4.78, 5) is 18.8. The largest absolute Gasteiger partial charge is 0.330 e. The van der Waals surface area contributed by atoms with Crippen molar-refractivity contribution < 1.29 is 9.18 Å². The van der Waals surface area contributed by atoms with Gasteiger partial charge < -0.3 is 4.90 Å². The lowest BCUT2D eigenvalue weighted by atomic mass is 10.1. The molecule has 2 heterocycles. The Hall–Kier alpha value is -2.80. The zero-order chi connectivity index (χ0) is 20.3. The van der Waals surface area contributed by atoms with Crippen molar-refractivity contribution in [3.8, 4) is 5.82 Å². The number of carbonyl (C=O) groups is 1. The Morgan fingerprint density at radius 2 is 2.07 bits per heavy atom. The van der Waals surface area contributed by atoms with Gasteiger partial charge in [-0.25, -0.2) is 14.1 Å². The van der Waals surface area contributed by atoms with E-state index >= 15 is 0 Å². The van der Waals surface area contributed by atoms with E-state index in [9.17, 15) is 9.18 Å². The van der Waals surface area contributed by atoms with Crippen LogP contribution in [0.3, 0.4) is 0 Å². The van der Waals surface area contributed by atoms with E-state index in [-0.39, 0.29) is 18.3 Å². The zero-order valence-corrected chi connectivity index (χ0v) is 17.3. The van der Waals surface area contributed by atoms with E-state index in [2.05, 4.69) is 32.6 Å². The van der Waals surface area contributed by atoms with Crippen LogP contribution in [0, 0.1) is 19.7 Å². The molecule has 3 aromatic rings. The first-order chi connectivity index (χ1) is 13.4. The lowest BCUT2D eigenvalue weighted by Crippen LogP contribution is -2.31. The van der Waals surface area contributed by atoms with Crippen LogP contribution >= 0.6 is 15.9 Å². The van der Waals surface area contributed by atoms with Crippen LogP contribution in [0.4, 0.5) is 4.39 Å². The average molecular weight is 443 g/mol. The third-order valence-electron chi connectivity index (χ3n) is 4.23. The van der Waals surface area contributed by atoms with E-state index in [0.29, 0.717) is 23.5 Å². The van der Waals surface area contributed by atoms with Crippen molar-refractivity contribution in [1.82, 2.24) is 19.7 Å². The SMILES string of the molecule is C=CCN(Cc1cc(Br)ccc1F)C(=O)c1ccc(-n2nc(C)cc2C)nc1. The first kappa shape index (κ1) is 19.9. The molecule has 0 unspecified atom stereocenters. The van der Waals surface area contributed by atoms with Crippen LogP contribution in [-0.2, 0) is 6.54 Å². The Labute approximate surface area is 171 Å². The van der Waals surface area contributed by atoms with Crippen LogP contribution in [0.5, 0.6) is 0 Å². The molecule has 0 saturated heterocycles. The first-order valence-corrected chi connectivity index (χ1v) is 9.52. The summed E-state index contributed by atoms with van der Waals surface area (Å²) in [6, 6.07) is 10.1. The molecule has 2 aromatic heterocycles. The second kappa shape index (κ2) is 8.48. The summed E-state index contributed by atoms with van der Waals surface area (Å²) in [5, 5.41) is 4.39. The Bertz CT molecular complexity index is 1010. The molecular weight excluding hydrogens is 423 g/mol. The van der Waals surface area contributed by atoms with Crippen LogP contribution in [0.15, 0.2) is 59.7 Å². The normalized spacial score (nSPS) is 10.7. The highest BCUT2D eigenvalue weighted by Gasteiger charge is 2.18. The molecule has 0 aliphatic carbocycles. The molecule has 5 nitrogen and oxygen atoms in total. The maximum atomic E-state index is 14.1. The molecule has 144 valence electrons. The fraction of sp³-hybridized carbons (Fsp3) is 0.190.